The summed E-state index contributed by atoms with van der Waals surface area (Å²) >= 11 is 0. The maximum atomic E-state index is 13.2. The molecule has 2 N–H and O–H groups in total. The molecule has 0 aliphatic rings. The third kappa shape index (κ3) is 3.25. The number of phenols is 1. The number of aryl methyl sites for hydroxylation is 1. The van der Waals surface area contributed by atoms with E-state index >= 15 is 0 Å². The van der Waals surface area contributed by atoms with Crippen molar-refractivity contribution in [3.8, 4) is 5.75 Å². The van der Waals surface area contributed by atoms with E-state index in [9.17, 15) is 18.9 Å². The first-order valence-corrected chi connectivity index (χ1v) is 6.04. The van der Waals surface area contributed by atoms with Crippen LogP contribution in [-0.2, 0) is 6.54 Å². The van der Waals surface area contributed by atoms with Gasteiger partial charge in [0.2, 0.25) is 0 Å². The Bertz CT molecular complexity index is 682. The summed E-state index contributed by atoms with van der Waals surface area (Å²) < 4.78 is 26.4. The number of rotatable bonds is 4. The zero-order chi connectivity index (χ0) is 15.6. The van der Waals surface area contributed by atoms with Crippen LogP contribution in [0.5, 0.6) is 5.75 Å². The van der Waals surface area contributed by atoms with E-state index in [-0.39, 0.29) is 17.8 Å². The van der Waals surface area contributed by atoms with Crippen molar-refractivity contribution in [1.29, 1.82) is 0 Å². The van der Waals surface area contributed by atoms with Gasteiger partial charge in [0.15, 0.2) is 17.4 Å². The van der Waals surface area contributed by atoms with Crippen LogP contribution < -0.4 is 5.32 Å². The minimum Gasteiger partial charge on any atom is -0.503 e. The molecule has 0 aromatic heterocycles. The zero-order valence-electron chi connectivity index (χ0n) is 11.1. The Morgan fingerprint density at radius 1 is 1.24 bits per heavy atom. The second kappa shape index (κ2) is 5.74. The molecule has 2 aromatic carbocycles. The van der Waals surface area contributed by atoms with Gasteiger partial charge in [0.05, 0.1) is 4.92 Å². The predicted molar refractivity (Wildman–Crippen MR) is 73.2 cm³/mol. The maximum Gasteiger partial charge on any atom is 0.274 e. The van der Waals surface area contributed by atoms with Crippen molar-refractivity contribution in [1.82, 2.24) is 0 Å². The number of aromatic hydroxyl groups is 1. The molecular weight excluding hydrogens is 282 g/mol. The van der Waals surface area contributed by atoms with Gasteiger partial charge in [-0.2, -0.15) is 0 Å². The minimum absolute atomic E-state index is 0.0388. The van der Waals surface area contributed by atoms with Crippen molar-refractivity contribution in [3.05, 3.63) is 63.2 Å². The van der Waals surface area contributed by atoms with Gasteiger partial charge in [-0.15, -0.1) is 0 Å². The number of nitrogens with one attached hydrogen (secondary N) is 1. The first-order valence-electron chi connectivity index (χ1n) is 6.04. The van der Waals surface area contributed by atoms with Gasteiger partial charge in [-0.25, -0.2) is 8.78 Å². The van der Waals surface area contributed by atoms with Crippen LogP contribution in [0.2, 0.25) is 0 Å². The monoisotopic (exact) mass is 294 g/mol. The minimum atomic E-state index is -1.05. The van der Waals surface area contributed by atoms with Crippen molar-refractivity contribution in [3.63, 3.8) is 0 Å². The molecule has 110 valence electrons. The average Bonchev–Trinajstić information content (AvgIpc) is 2.43. The lowest BCUT2D eigenvalue weighted by Crippen LogP contribution is -2.02. The molecule has 0 heterocycles. The second-order valence-corrected chi connectivity index (χ2v) is 4.52. The Balaban J connectivity index is 2.17. The molecule has 0 aliphatic carbocycles. The highest BCUT2D eigenvalue weighted by Gasteiger charge is 2.12. The van der Waals surface area contributed by atoms with Crippen molar-refractivity contribution < 1.29 is 18.8 Å². The molecule has 21 heavy (non-hydrogen) atoms. The van der Waals surface area contributed by atoms with Crippen LogP contribution >= 0.6 is 0 Å². The largest absolute Gasteiger partial charge is 0.503 e. The Morgan fingerprint density at radius 2 is 1.86 bits per heavy atom. The molecule has 0 saturated heterocycles. The lowest BCUT2D eigenvalue weighted by Gasteiger charge is -2.08. The number of nitro benzene ring substituents is 1. The molecule has 0 fully saturated rings. The van der Waals surface area contributed by atoms with Crippen molar-refractivity contribution in [2.24, 2.45) is 0 Å². The molecule has 2 rings (SSSR count). The van der Waals surface area contributed by atoms with Crippen LogP contribution in [-0.4, -0.2) is 10.0 Å². The summed E-state index contributed by atoms with van der Waals surface area (Å²) in [5, 5.41) is 22.7. The summed E-state index contributed by atoms with van der Waals surface area (Å²) in [7, 11) is 0. The van der Waals surface area contributed by atoms with Gasteiger partial charge in [-0.3, -0.25) is 10.1 Å². The Labute approximate surface area is 119 Å². The Morgan fingerprint density at radius 3 is 2.43 bits per heavy atom. The summed E-state index contributed by atoms with van der Waals surface area (Å²) in [5.41, 5.74) is 1.21. The molecule has 5 nitrogen and oxygen atoms in total. The maximum absolute atomic E-state index is 13.2. The number of benzene rings is 2. The van der Waals surface area contributed by atoms with Crippen LogP contribution in [0.3, 0.4) is 0 Å². The fourth-order valence-corrected chi connectivity index (χ4v) is 1.84. The van der Waals surface area contributed by atoms with Crippen LogP contribution in [0.1, 0.15) is 11.1 Å². The van der Waals surface area contributed by atoms with Crippen LogP contribution in [0.15, 0.2) is 30.3 Å². The van der Waals surface area contributed by atoms with Gasteiger partial charge in [-0.1, -0.05) is 6.07 Å². The van der Waals surface area contributed by atoms with Gasteiger partial charge in [-0.05, 0) is 30.7 Å². The first-order chi connectivity index (χ1) is 9.88. The van der Waals surface area contributed by atoms with Gasteiger partial charge < -0.3 is 10.4 Å². The van der Waals surface area contributed by atoms with Gasteiger partial charge in [0.25, 0.3) is 5.69 Å². The molecule has 0 unspecified atom stereocenters. The predicted octanol–water partition coefficient (Wildman–Crippen LogP) is 3.50. The molecule has 2 aromatic rings. The summed E-state index contributed by atoms with van der Waals surface area (Å²) in [6.45, 7) is 1.68. The highest BCUT2D eigenvalue weighted by molar-refractivity contribution is 5.55. The van der Waals surface area contributed by atoms with Gasteiger partial charge in [0.1, 0.15) is 0 Å². The van der Waals surface area contributed by atoms with E-state index in [1.165, 1.54) is 6.07 Å². The SMILES string of the molecule is Cc1ccc(NCc2cc(F)c(O)c(F)c2)cc1[N+](=O)[O-]. The Hall–Kier alpha value is -2.70. The smallest absolute Gasteiger partial charge is 0.274 e. The summed E-state index contributed by atoms with van der Waals surface area (Å²) in [4.78, 5) is 10.3. The molecule has 0 aliphatic heterocycles. The van der Waals surface area contributed by atoms with E-state index in [4.69, 9.17) is 5.11 Å². The molecule has 0 bridgehead atoms. The number of hydrogen-bond donors (Lipinski definition) is 2. The quantitative estimate of drug-likeness (QED) is 0.668. The van der Waals surface area contributed by atoms with Crippen molar-refractivity contribution in [2.45, 2.75) is 13.5 Å². The van der Waals surface area contributed by atoms with E-state index in [2.05, 4.69) is 5.32 Å². The number of halogens is 2. The normalized spacial score (nSPS) is 10.4. The summed E-state index contributed by atoms with van der Waals surface area (Å²) in [6, 6.07) is 6.55. The van der Waals surface area contributed by atoms with E-state index in [0.717, 1.165) is 12.1 Å². The third-order valence-electron chi connectivity index (χ3n) is 2.98. The molecule has 0 saturated carbocycles. The lowest BCUT2D eigenvalue weighted by molar-refractivity contribution is -0.385. The van der Waals surface area contributed by atoms with E-state index in [1.54, 1.807) is 19.1 Å². The van der Waals surface area contributed by atoms with Gasteiger partial charge in [0, 0.05) is 23.9 Å². The molecule has 0 radical (unpaired) electrons. The summed E-state index contributed by atoms with van der Waals surface area (Å²) in [5.74, 6) is -3.13. The highest BCUT2D eigenvalue weighted by atomic mass is 19.1. The number of anilines is 1. The van der Waals surface area contributed by atoms with Crippen LogP contribution in [0, 0.1) is 28.7 Å². The van der Waals surface area contributed by atoms with E-state index < -0.39 is 22.3 Å². The summed E-state index contributed by atoms with van der Waals surface area (Å²) in [6.07, 6.45) is 0. The van der Waals surface area contributed by atoms with Crippen LogP contribution in [0.25, 0.3) is 0 Å². The van der Waals surface area contributed by atoms with Crippen LogP contribution in [0.4, 0.5) is 20.2 Å². The number of nitrogens with zero attached hydrogens (tertiary/aromatic N) is 1. The molecule has 0 spiro atoms. The molecule has 0 amide bonds. The van der Waals surface area contributed by atoms with Crippen molar-refractivity contribution in [2.75, 3.05) is 5.32 Å². The fraction of sp³-hybridized carbons (Fsp3) is 0.143. The lowest BCUT2D eigenvalue weighted by atomic mass is 10.1. The molecule has 7 heteroatoms. The molecular formula is C14H12F2N2O3. The topological polar surface area (TPSA) is 75.4 Å². The first kappa shape index (κ1) is 14.7. The number of nitro groups is 1. The second-order valence-electron chi connectivity index (χ2n) is 4.52. The number of hydrogen-bond acceptors (Lipinski definition) is 4. The fourth-order valence-electron chi connectivity index (χ4n) is 1.84. The highest BCUT2D eigenvalue weighted by Crippen LogP contribution is 2.24. The van der Waals surface area contributed by atoms with E-state index in [1.807, 2.05) is 0 Å². The number of phenolic OH excluding ortho intramolecular Hbond substituents is 1. The van der Waals surface area contributed by atoms with E-state index in [0.29, 0.717) is 11.3 Å². The standard InChI is InChI=1S/C14H12F2N2O3/c1-8-2-3-10(6-13(8)18(20)21)17-7-9-4-11(15)14(19)12(16)5-9/h2-6,17,19H,7H2,1H3. The Kier molecular flexibility index (Phi) is 4.02. The molecule has 0 atom stereocenters. The third-order valence-corrected chi connectivity index (χ3v) is 2.98. The van der Waals surface area contributed by atoms with Crippen molar-refractivity contribution >= 4 is 11.4 Å². The average molecular weight is 294 g/mol. The van der Waals surface area contributed by atoms with Gasteiger partial charge >= 0.3 is 0 Å². The zero-order valence-corrected chi connectivity index (χ0v) is 11.1.